The molecule has 0 aromatic carbocycles. The number of hydrogen-bond donors (Lipinski definition) is 1. The van der Waals surface area contributed by atoms with Crippen molar-refractivity contribution in [2.24, 2.45) is 5.92 Å². The fourth-order valence-electron chi connectivity index (χ4n) is 3.49. The zero-order valence-corrected chi connectivity index (χ0v) is 13.8. The minimum atomic E-state index is -0.604. The molecule has 8 nitrogen and oxygen atoms in total. The predicted molar refractivity (Wildman–Crippen MR) is 84.4 cm³/mol. The van der Waals surface area contributed by atoms with Crippen LogP contribution in [0.4, 0.5) is 4.79 Å². The first-order chi connectivity index (χ1) is 11.5. The summed E-state index contributed by atoms with van der Waals surface area (Å²) < 4.78 is 5.87. The molecule has 3 aliphatic rings. The van der Waals surface area contributed by atoms with Crippen molar-refractivity contribution in [3.05, 3.63) is 18.1 Å². The monoisotopic (exact) mass is 331 g/mol. The lowest BCUT2D eigenvalue weighted by atomic mass is 10.0. The van der Waals surface area contributed by atoms with E-state index in [1.165, 1.54) is 0 Å². The van der Waals surface area contributed by atoms with Gasteiger partial charge in [-0.05, 0) is 19.8 Å². The summed E-state index contributed by atoms with van der Waals surface area (Å²) >= 11 is 0. The number of urea groups is 1. The molecule has 24 heavy (non-hydrogen) atoms. The van der Waals surface area contributed by atoms with Crippen LogP contribution in [-0.2, 0) is 4.79 Å². The quantitative estimate of drug-likeness (QED) is 0.853. The number of likely N-dealkylation sites (N-methyl/N-ethyl adjacent to an activating group) is 1. The van der Waals surface area contributed by atoms with Gasteiger partial charge in [0.25, 0.3) is 5.91 Å². The molecule has 0 radical (unpaired) electrons. The summed E-state index contributed by atoms with van der Waals surface area (Å²) in [4.78, 5) is 36.5. The number of rotatable bonds is 3. The normalized spacial score (nSPS) is 28.9. The highest BCUT2D eigenvalue weighted by Gasteiger charge is 2.53. The first-order valence-corrected chi connectivity index (χ1v) is 8.31. The van der Waals surface area contributed by atoms with E-state index in [4.69, 9.17) is 4.74 Å². The highest BCUT2D eigenvalue weighted by molar-refractivity contribution is 5.85. The van der Waals surface area contributed by atoms with Crippen LogP contribution in [0.1, 0.15) is 18.7 Å². The average molecular weight is 331 g/mol. The number of nitrogens with zero attached hydrogens (tertiary/aromatic N) is 4. The van der Waals surface area contributed by atoms with Crippen LogP contribution in [0.15, 0.2) is 12.3 Å². The SMILES string of the molecule is Cc1nccc(O[C@@H]2C(=O)N(C)[C@@H]3CN(C(=O)NC4CC4)C[C@H]23)n1. The molecule has 3 amide bonds. The summed E-state index contributed by atoms with van der Waals surface area (Å²) in [5.41, 5.74) is 0. The van der Waals surface area contributed by atoms with Crippen LogP contribution < -0.4 is 10.1 Å². The van der Waals surface area contributed by atoms with E-state index in [1.807, 2.05) is 0 Å². The smallest absolute Gasteiger partial charge is 0.317 e. The maximum atomic E-state index is 12.5. The topological polar surface area (TPSA) is 87.7 Å². The highest BCUT2D eigenvalue weighted by Crippen LogP contribution is 2.34. The van der Waals surface area contributed by atoms with E-state index >= 15 is 0 Å². The lowest BCUT2D eigenvalue weighted by Crippen LogP contribution is -2.44. The predicted octanol–water partition coefficient (Wildman–Crippen LogP) is 0.177. The second-order valence-corrected chi connectivity index (χ2v) is 6.79. The van der Waals surface area contributed by atoms with Gasteiger partial charge >= 0.3 is 6.03 Å². The maximum Gasteiger partial charge on any atom is 0.317 e. The van der Waals surface area contributed by atoms with E-state index in [1.54, 1.807) is 36.0 Å². The zero-order chi connectivity index (χ0) is 16.8. The van der Waals surface area contributed by atoms with Gasteiger partial charge in [0.2, 0.25) is 5.88 Å². The summed E-state index contributed by atoms with van der Waals surface area (Å²) in [5.74, 6) is 0.904. The molecule has 0 bridgehead atoms. The first-order valence-electron chi connectivity index (χ1n) is 8.31. The number of nitrogens with one attached hydrogen (secondary N) is 1. The van der Waals surface area contributed by atoms with Crippen LogP contribution in [0.5, 0.6) is 5.88 Å². The van der Waals surface area contributed by atoms with Crippen molar-refractivity contribution in [3.8, 4) is 5.88 Å². The molecular formula is C16H21N5O3. The lowest BCUT2D eigenvalue weighted by molar-refractivity contribution is -0.134. The number of amides is 3. The number of carbonyl (C=O) groups is 2. The molecule has 1 aliphatic carbocycles. The number of aryl methyl sites for hydroxylation is 1. The van der Waals surface area contributed by atoms with E-state index < -0.39 is 6.10 Å². The van der Waals surface area contributed by atoms with Crippen molar-refractivity contribution in [1.29, 1.82) is 0 Å². The van der Waals surface area contributed by atoms with Crippen LogP contribution in [0.3, 0.4) is 0 Å². The van der Waals surface area contributed by atoms with Crippen LogP contribution in [0.2, 0.25) is 0 Å². The van der Waals surface area contributed by atoms with Gasteiger partial charge in [-0.2, -0.15) is 4.98 Å². The Kier molecular flexibility index (Phi) is 3.54. The minimum absolute atomic E-state index is 0.00427. The fraction of sp³-hybridized carbons (Fsp3) is 0.625. The van der Waals surface area contributed by atoms with Gasteiger partial charge in [-0.1, -0.05) is 0 Å². The van der Waals surface area contributed by atoms with Gasteiger partial charge in [-0.3, -0.25) is 4.79 Å². The number of ether oxygens (including phenoxy) is 1. The Hall–Kier alpha value is -2.38. The third kappa shape index (κ3) is 2.65. The average Bonchev–Trinajstić information content (AvgIpc) is 3.21. The lowest BCUT2D eigenvalue weighted by Gasteiger charge is -2.22. The van der Waals surface area contributed by atoms with Crippen LogP contribution >= 0.6 is 0 Å². The Labute approximate surface area is 140 Å². The molecule has 1 N–H and O–H groups in total. The largest absolute Gasteiger partial charge is 0.464 e. The zero-order valence-electron chi connectivity index (χ0n) is 13.8. The van der Waals surface area contributed by atoms with Gasteiger partial charge in [-0.15, -0.1) is 0 Å². The molecular weight excluding hydrogens is 310 g/mol. The van der Waals surface area contributed by atoms with E-state index in [-0.39, 0.29) is 23.9 Å². The van der Waals surface area contributed by atoms with E-state index in [2.05, 4.69) is 15.3 Å². The number of aromatic nitrogens is 2. The molecule has 2 saturated heterocycles. The van der Waals surface area contributed by atoms with E-state index in [9.17, 15) is 9.59 Å². The molecule has 1 aromatic heterocycles. The highest BCUT2D eigenvalue weighted by atomic mass is 16.5. The summed E-state index contributed by atoms with van der Waals surface area (Å²) in [6.07, 6.45) is 3.13. The second-order valence-electron chi connectivity index (χ2n) is 6.79. The molecule has 3 heterocycles. The van der Waals surface area contributed by atoms with Crippen molar-refractivity contribution in [2.75, 3.05) is 20.1 Å². The number of fused-ring (bicyclic) bond motifs is 1. The summed E-state index contributed by atoms with van der Waals surface area (Å²) in [7, 11) is 1.77. The van der Waals surface area contributed by atoms with E-state index in [0.29, 0.717) is 30.8 Å². The Morgan fingerprint density at radius 3 is 2.88 bits per heavy atom. The van der Waals surface area contributed by atoms with Crippen LogP contribution in [0, 0.1) is 12.8 Å². The number of carbonyl (C=O) groups excluding carboxylic acids is 2. The third-order valence-corrected chi connectivity index (χ3v) is 5.00. The van der Waals surface area contributed by atoms with Gasteiger partial charge in [0, 0.05) is 44.4 Å². The van der Waals surface area contributed by atoms with E-state index in [0.717, 1.165) is 12.8 Å². The van der Waals surface area contributed by atoms with Gasteiger partial charge in [0.1, 0.15) is 5.82 Å². The fourth-order valence-corrected chi connectivity index (χ4v) is 3.49. The Morgan fingerprint density at radius 1 is 1.38 bits per heavy atom. The number of hydrogen-bond acceptors (Lipinski definition) is 5. The Morgan fingerprint density at radius 2 is 2.17 bits per heavy atom. The summed E-state index contributed by atoms with van der Waals surface area (Å²) in [6, 6.07) is 1.94. The van der Waals surface area contributed by atoms with Crippen LogP contribution in [0.25, 0.3) is 0 Å². The number of likely N-dealkylation sites (tertiary alicyclic amines) is 2. The first kappa shape index (κ1) is 15.2. The van der Waals surface area contributed by atoms with Crippen molar-refractivity contribution in [3.63, 3.8) is 0 Å². The molecule has 2 aliphatic heterocycles. The molecule has 3 fully saturated rings. The van der Waals surface area contributed by atoms with Crippen molar-refractivity contribution < 1.29 is 14.3 Å². The molecule has 4 rings (SSSR count). The van der Waals surface area contributed by atoms with Gasteiger partial charge < -0.3 is 19.9 Å². The molecule has 1 saturated carbocycles. The third-order valence-electron chi connectivity index (χ3n) is 5.00. The molecule has 128 valence electrons. The summed E-state index contributed by atoms with van der Waals surface area (Å²) in [6.45, 7) is 2.85. The molecule has 0 unspecified atom stereocenters. The minimum Gasteiger partial charge on any atom is -0.464 e. The summed E-state index contributed by atoms with van der Waals surface area (Å²) in [5, 5.41) is 3.01. The van der Waals surface area contributed by atoms with Gasteiger partial charge in [-0.25, -0.2) is 9.78 Å². The Bertz CT molecular complexity index is 677. The van der Waals surface area contributed by atoms with Crippen molar-refractivity contribution >= 4 is 11.9 Å². The molecule has 0 spiro atoms. The Balaban J connectivity index is 1.48. The van der Waals surface area contributed by atoms with Gasteiger partial charge in [0.05, 0.1) is 6.04 Å². The molecule has 1 aromatic rings. The second kappa shape index (κ2) is 5.61. The van der Waals surface area contributed by atoms with Crippen molar-refractivity contribution in [2.45, 2.75) is 38.0 Å². The standard InChI is InChI=1S/C16H21N5O3/c1-9-17-6-5-13(18-9)24-14-11-7-21(16(23)19-10-3-4-10)8-12(11)20(2)15(14)22/h5-6,10-12,14H,3-4,7-8H2,1-2H3,(H,19,23)/t11-,12+,14-/m0/s1. The van der Waals surface area contributed by atoms with Crippen LogP contribution in [-0.4, -0.2) is 70.0 Å². The molecule has 3 atom stereocenters. The van der Waals surface area contributed by atoms with Gasteiger partial charge in [0.15, 0.2) is 6.10 Å². The molecule has 8 heteroatoms. The van der Waals surface area contributed by atoms with Crippen molar-refractivity contribution in [1.82, 2.24) is 25.1 Å². The maximum absolute atomic E-state index is 12.5.